The summed E-state index contributed by atoms with van der Waals surface area (Å²) in [7, 11) is 0. The van der Waals surface area contributed by atoms with E-state index < -0.39 is 0 Å². The fourth-order valence-corrected chi connectivity index (χ4v) is 3.74. The highest BCUT2D eigenvalue weighted by Crippen LogP contribution is 2.30. The zero-order valence-electron chi connectivity index (χ0n) is 14.0. The van der Waals surface area contributed by atoms with E-state index in [0.29, 0.717) is 24.2 Å². The van der Waals surface area contributed by atoms with Gasteiger partial charge in [0.15, 0.2) is 4.73 Å². The van der Waals surface area contributed by atoms with Gasteiger partial charge in [0.05, 0.1) is 17.9 Å². The number of rotatable bonds is 4. The van der Waals surface area contributed by atoms with E-state index in [1.807, 2.05) is 39.8 Å². The van der Waals surface area contributed by atoms with Gasteiger partial charge in [0, 0.05) is 12.1 Å². The summed E-state index contributed by atoms with van der Waals surface area (Å²) < 4.78 is 15.6. The van der Waals surface area contributed by atoms with Crippen LogP contribution in [0.5, 0.6) is 0 Å². The second-order valence-electron chi connectivity index (χ2n) is 6.32. The molecule has 1 aliphatic rings. The van der Waals surface area contributed by atoms with Crippen molar-refractivity contribution in [3.05, 3.63) is 76.4 Å². The van der Waals surface area contributed by atoms with Gasteiger partial charge in [0.25, 0.3) is 0 Å². The van der Waals surface area contributed by atoms with Crippen LogP contribution in [0.2, 0.25) is 0 Å². The van der Waals surface area contributed by atoms with Gasteiger partial charge < -0.3 is 9.47 Å². The van der Waals surface area contributed by atoms with Crippen LogP contribution in [-0.4, -0.2) is 26.9 Å². The van der Waals surface area contributed by atoms with Gasteiger partial charge in [-0.15, -0.1) is 0 Å². The van der Waals surface area contributed by atoms with Crippen molar-refractivity contribution in [3.63, 3.8) is 0 Å². The summed E-state index contributed by atoms with van der Waals surface area (Å²) in [5.41, 5.74) is 3.98. The summed E-state index contributed by atoms with van der Waals surface area (Å²) in [6.45, 7) is 1.39. The number of hydrogen-bond acceptors (Lipinski definition) is 2. The van der Waals surface area contributed by atoms with E-state index in [1.165, 1.54) is 12.1 Å². The molecule has 0 saturated heterocycles. The molecule has 1 amide bonds. The Morgan fingerprint density at radius 3 is 2.50 bits per heavy atom. The van der Waals surface area contributed by atoms with Gasteiger partial charge in [-0.3, -0.25) is 4.79 Å². The first-order chi connectivity index (χ1) is 12.6. The molecule has 0 unspecified atom stereocenters. The second-order valence-corrected chi connectivity index (χ2v) is 7.03. The third-order valence-electron chi connectivity index (χ3n) is 4.64. The average molecular weight is 414 g/mol. The summed E-state index contributed by atoms with van der Waals surface area (Å²) in [6, 6.07) is 16.4. The molecule has 4 nitrogen and oxygen atoms in total. The molecule has 1 aromatic heterocycles. The van der Waals surface area contributed by atoms with E-state index in [-0.39, 0.29) is 18.3 Å². The molecule has 0 radical (unpaired) electrons. The fraction of sp³-hybridized carbons (Fsp3) is 0.200. The van der Waals surface area contributed by atoms with Crippen molar-refractivity contribution in [1.82, 2.24) is 14.5 Å². The van der Waals surface area contributed by atoms with Crippen LogP contribution >= 0.6 is 15.9 Å². The number of fused-ring (bicyclic) bond motifs is 1. The van der Waals surface area contributed by atoms with Crippen LogP contribution in [0.3, 0.4) is 0 Å². The first-order valence-corrected chi connectivity index (χ1v) is 9.23. The van der Waals surface area contributed by atoms with Crippen molar-refractivity contribution in [1.29, 1.82) is 0 Å². The smallest absolute Gasteiger partial charge is 0.242 e. The SMILES string of the molecule is O=C1Cn2c(Br)nc(-c3ccccc3)c2CN1CCc1ccc(F)cc1. The van der Waals surface area contributed by atoms with Gasteiger partial charge >= 0.3 is 0 Å². The van der Waals surface area contributed by atoms with Crippen LogP contribution in [0.4, 0.5) is 4.39 Å². The predicted molar refractivity (Wildman–Crippen MR) is 101 cm³/mol. The Kier molecular flexibility index (Phi) is 4.59. The van der Waals surface area contributed by atoms with E-state index in [4.69, 9.17) is 0 Å². The number of benzene rings is 2. The van der Waals surface area contributed by atoms with Crippen molar-refractivity contribution in [3.8, 4) is 11.3 Å². The molecule has 26 heavy (non-hydrogen) atoms. The van der Waals surface area contributed by atoms with Crippen LogP contribution in [0.15, 0.2) is 59.3 Å². The topological polar surface area (TPSA) is 38.1 Å². The predicted octanol–water partition coefficient (Wildman–Crippen LogP) is 4.04. The molecule has 0 bridgehead atoms. The molecule has 0 spiro atoms. The Morgan fingerprint density at radius 2 is 1.77 bits per heavy atom. The van der Waals surface area contributed by atoms with Crippen molar-refractivity contribution >= 4 is 21.8 Å². The van der Waals surface area contributed by atoms with Crippen molar-refractivity contribution in [2.45, 2.75) is 19.5 Å². The number of amides is 1. The van der Waals surface area contributed by atoms with Crippen molar-refractivity contribution < 1.29 is 9.18 Å². The van der Waals surface area contributed by atoms with Gasteiger partial charge in [-0.05, 0) is 40.0 Å². The van der Waals surface area contributed by atoms with Crippen LogP contribution in [0.25, 0.3) is 11.3 Å². The average Bonchev–Trinajstić information content (AvgIpc) is 2.98. The molecule has 0 saturated carbocycles. The number of hydrogen-bond donors (Lipinski definition) is 0. The standard InChI is InChI=1S/C20H17BrFN3O/c21-20-23-19(15-4-2-1-3-5-15)17-12-24(18(26)13-25(17)20)11-10-14-6-8-16(22)9-7-14/h1-9H,10-13H2. The van der Waals surface area contributed by atoms with E-state index in [2.05, 4.69) is 20.9 Å². The lowest BCUT2D eigenvalue weighted by Crippen LogP contribution is -2.40. The van der Waals surface area contributed by atoms with Crippen molar-refractivity contribution in [2.24, 2.45) is 0 Å². The molecule has 6 heteroatoms. The Morgan fingerprint density at radius 1 is 1.04 bits per heavy atom. The minimum Gasteiger partial charge on any atom is -0.335 e. The fourth-order valence-electron chi connectivity index (χ4n) is 3.23. The molecular formula is C20H17BrFN3O. The number of carbonyl (C=O) groups excluding carboxylic acids is 1. The number of nitrogens with zero attached hydrogens (tertiary/aromatic N) is 3. The van der Waals surface area contributed by atoms with Gasteiger partial charge in [-0.1, -0.05) is 42.5 Å². The van der Waals surface area contributed by atoms with E-state index >= 15 is 0 Å². The molecular weight excluding hydrogens is 397 g/mol. The van der Waals surface area contributed by atoms with Gasteiger partial charge in [-0.2, -0.15) is 0 Å². The highest BCUT2D eigenvalue weighted by molar-refractivity contribution is 9.10. The van der Waals surface area contributed by atoms with Gasteiger partial charge in [-0.25, -0.2) is 9.37 Å². The Labute approximate surface area is 159 Å². The quantitative estimate of drug-likeness (QED) is 0.647. The maximum Gasteiger partial charge on any atom is 0.242 e. The first-order valence-electron chi connectivity index (χ1n) is 8.44. The zero-order chi connectivity index (χ0) is 18.1. The zero-order valence-corrected chi connectivity index (χ0v) is 15.6. The summed E-state index contributed by atoms with van der Waals surface area (Å²) >= 11 is 3.48. The lowest BCUT2D eigenvalue weighted by atomic mass is 10.1. The summed E-state index contributed by atoms with van der Waals surface area (Å²) in [6.07, 6.45) is 0.696. The lowest BCUT2D eigenvalue weighted by Gasteiger charge is -2.29. The maximum atomic E-state index is 13.0. The lowest BCUT2D eigenvalue weighted by molar-refractivity contribution is -0.134. The molecule has 2 heterocycles. The summed E-state index contributed by atoms with van der Waals surface area (Å²) in [5.74, 6) is -0.179. The summed E-state index contributed by atoms with van der Waals surface area (Å²) in [4.78, 5) is 19.0. The molecule has 1 aliphatic heterocycles. The Hall–Kier alpha value is -2.47. The summed E-state index contributed by atoms with van der Waals surface area (Å²) in [5, 5.41) is 0. The third-order valence-corrected chi connectivity index (χ3v) is 5.25. The molecule has 4 rings (SSSR count). The molecule has 0 aliphatic carbocycles. The second kappa shape index (κ2) is 7.03. The molecule has 2 aromatic carbocycles. The molecule has 132 valence electrons. The van der Waals surface area contributed by atoms with Gasteiger partial charge in [0.1, 0.15) is 12.4 Å². The first kappa shape index (κ1) is 17.0. The van der Waals surface area contributed by atoms with E-state index in [0.717, 1.165) is 22.5 Å². The number of halogens is 2. The highest BCUT2D eigenvalue weighted by atomic mass is 79.9. The van der Waals surface area contributed by atoms with Crippen LogP contribution in [0.1, 0.15) is 11.3 Å². The largest absolute Gasteiger partial charge is 0.335 e. The third kappa shape index (κ3) is 3.29. The molecule has 0 atom stereocenters. The van der Waals surface area contributed by atoms with E-state index in [1.54, 1.807) is 12.1 Å². The minimum atomic E-state index is -0.246. The van der Waals surface area contributed by atoms with Crippen LogP contribution in [0, 0.1) is 5.82 Å². The van der Waals surface area contributed by atoms with Crippen molar-refractivity contribution in [2.75, 3.05) is 6.54 Å². The Bertz CT molecular complexity index is 938. The minimum absolute atomic E-state index is 0.0670. The van der Waals surface area contributed by atoms with Crippen LogP contribution < -0.4 is 0 Å². The van der Waals surface area contributed by atoms with E-state index in [9.17, 15) is 9.18 Å². The molecule has 0 N–H and O–H groups in total. The number of imidazole rings is 1. The maximum absolute atomic E-state index is 13.0. The van der Waals surface area contributed by atoms with Gasteiger partial charge in [0.2, 0.25) is 5.91 Å². The molecule has 0 fully saturated rings. The normalized spacial score (nSPS) is 13.8. The molecule has 3 aromatic rings. The highest BCUT2D eigenvalue weighted by Gasteiger charge is 2.28. The Balaban J connectivity index is 1.57. The number of aromatic nitrogens is 2. The van der Waals surface area contributed by atoms with Crippen LogP contribution in [-0.2, 0) is 24.3 Å². The number of carbonyl (C=O) groups is 1. The monoisotopic (exact) mass is 413 g/mol.